The first-order chi connectivity index (χ1) is 29.8. The first-order valence-corrected chi connectivity index (χ1v) is 23.0. The van der Waals surface area contributed by atoms with Crippen LogP contribution in [0.3, 0.4) is 0 Å². The van der Waals surface area contributed by atoms with E-state index in [-0.39, 0.29) is 0 Å². The van der Waals surface area contributed by atoms with Crippen LogP contribution >= 0.6 is 11.8 Å². The lowest BCUT2D eigenvalue weighted by atomic mass is 9.64. The van der Waals surface area contributed by atoms with E-state index < -0.39 is 14.2 Å². The molecule has 1 radical (unpaired) electrons. The van der Waals surface area contributed by atoms with Crippen molar-refractivity contribution < 1.29 is 0 Å². The van der Waals surface area contributed by atoms with E-state index in [1.165, 1.54) is 80.3 Å². The quantitative estimate of drug-likeness (QED) is 0.126. The second-order valence-corrected chi connectivity index (χ2v) is 19.3. The van der Waals surface area contributed by atoms with Crippen molar-refractivity contribution in [2.75, 3.05) is 4.90 Å². The van der Waals surface area contributed by atoms with E-state index in [0.717, 1.165) is 17.1 Å². The van der Waals surface area contributed by atoms with Gasteiger partial charge in [-0.3, -0.25) is 0 Å². The van der Waals surface area contributed by atoms with Gasteiger partial charge in [-0.25, -0.2) is 0 Å². The van der Waals surface area contributed by atoms with Crippen LogP contribution in [0.4, 0.5) is 17.1 Å². The first-order valence-electron chi connectivity index (χ1n) is 20.7. The molecule has 2 aliphatic heterocycles. The summed E-state index contributed by atoms with van der Waals surface area (Å²) in [6.07, 6.45) is 0. The molecule has 0 amide bonds. The molecular weight excluding hydrogens is 759 g/mol. The largest absolute Gasteiger partial charge is 0.310 e. The zero-order valence-corrected chi connectivity index (χ0v) is 34.6. The van der Waals surface area contributed by atoms with Crippen LogP contribution in [0.5, 0.6) is 0 Å². The Bertz CT molecular complexity index is 3200. The Kier molecular flexibility index (Phi) is 8.26. The molecule has 10 aromatic rings. The Morgan fingerprint density at radius 2 is 0.900 bits per heavy atom. The molecule has 0 unspecified atom stereocenters. The highest BCUT2D eigenvalue weighted by molar-refractivity contribution is 7.99. The topological polar surface area (TPSA) is 3.24 Å². The van der Waals surface area contributed by atoms with Gasteiger partial charge in [0.2, 0.25) is 0 Å². The molecule has 0 aliphatic carbocycles. The number of hydrogen-bond donors (Lipinski definition) is 0. The minimum absolute atomic E-state index is 0.530. The smallest absolute Gasteiger partial charge is 0.155 e. The fraction of sp³-hybridized carbons (Fsp3) is 0.0175. The molecular formula is C57H38NSSi. The highest BCUT2D eigenvalue weighted by Crippen LogP contribution is 2.56. The summed E-state index contributed by atoms with van der Waals surface area (Å²) in [5.74, 6) is 0. The van der Waals surface area contributed by atoms with Crippen LogP contribution in [0.25, 0.3) is 32.7 Å². The van der Waals surface area contributed by atoms with Crippen LogP contribution < -0.4 is 20.5 Å². The summed E-state index contributed by atoms with van der Waals surface area (Å²) in [6.45, 7) is 0. The molecule has 2 heterocycles. The lowest BCUT2D eigenvalue weighted by Gasteiger charge is -2.48. The van der Waals surface area contributed by atoms with E-state index in [1.54, 1.807) is 0 Å². The highest BCUT2D eigenvalue weighted by atomic mass is 32.2. The maximum atomic E-state index is 2.57. The van der Waals surface area contributed by atoms with Crippen LogP contribution in [0.15, 0.2) is 240 Å². The molecule has 10 aromatic carbocycles. The Labute approximate surface area is 356 Å². The number of anilines is 3. The van der Waals surface area contributed by atoms with Gasteiger partial charge >= 0.3 is 0 Å². The van der Waals surface area contributed by atoms with E-state index in [0.29, 0.717) is 0 Å². The molecule has 60 heavy (non-hydrogen) atoms. The molecule has 2 aliphatic rings. The number of fused-ring (bicyclic) bond motifs is 11. The molecule has 281 valence electrons. The molecule has 0 N–H and O–H groups in total. The summed E-state index contributed by atoms with van der Waals surface area (Å²) in [5, 5.41) is 9.26. The molecule has 3 heteroatoms. The van der Waals surface area contributed by atoms with Gasteiger partial charge in [-0.05, 0) is 102 Å². The normalized spacial score (nSPS) is 13.7. The van der Waals surface area contributed by atoms with Gasteiger partial charge in [0.25, 0.3) is 0 Å². The third kappa shape index (κ3) is 5.33. The van der Waals surface area contributed by atoms with Gasteiger partial charge in [0.15, 0.2) is 8.80 Å². The van der Waals surface area contributed by atoms with E-state index >= 15 is 0 Å². The third-order valence-electron chi connectivity index (χ3n) is 12.6. The molecule has 0 bridgehead atoms. The zero-order valence-electron chi connectivity index (χ0n) is 32.8. The first kappa shape index (κ1) is 35.1. The summed E-state index contributed by atoms with van der Waals surface area (Å²) in [6, 6.07) is 86.4. The van der Waals surface area contributed by atoms with Crippen molar-refractivity contribution in [3.8, 4) is 11.1 Å². The molecule has 0 atom stereocenters. The number of benzene rings is 10. The van der Waals surface area contributed by atoms with Gasteiger partial charge in [-0.15, -0.1) is 0 Å². The van der Waals surface area contributed by atoms with Crippen molar-refractivity contribution in [1.29, 1.82) is 0 Å². The second-order valence-electron chi connectivity index (χ2n) is 15.8. The summed E-state index contributed by atoms with van der Waals surface area (Å²) >= 11 is 1.90. The lowest BCUT2D eigenvalue weighted by molar-refractivity contribution is 0.708. The molecule has 1 spiro atoms. The van der Waals surface area contributed by atoms with E-state index in [2.05, 4.69) is 235 Å². The van der Waals surface area contributed by atoms with Crippen molar-refractivity contribution in [1.82, 2.24) is 0 Å². The van der Waals surface area contributed by atoms with E-state index in [1.807, 2.05) is 11.8 Å². The molecule has 0 saturated carbocycles. The van der Waals surface area contributed by atoms with Crippen LogP contribution in [0, 0.1) is 0 Å². The van der Waals surface area contributed by atoms with Gasteiger partial charge in [0.05, 0.1) is 11.1 Å². The van der Waals surface area contributed by atoms with Crippen molar-refractivity contribution in [2.45, 2.75) is 15.2 Å². The van der Waals surface area contributed by atoms with Gasteiger partial charge in [0.1, 0.15) is 0 Å². The van der Waals surface area contributed by atoms with Gasteiger partial charge in [0, 0.05) is 26.6 Å². The molecule has 12 rings (SSSR count). The molecule has 1 nitrogen and oxygen atoms in total. The fourth-order valence-corrected chi connectivity index (χ4v) is 14.3. The average Bonchev–Trinajstić information content (AvgIpc) is 3.32. The Morgan fingerprint density at radius 1 is 0.367 bits per heavy atom. The van der Waals surface area contributed by atoms with Crippen LogP contribution in [-0.2, 0) is 5.41 Å². The molecule has 0 fully saturated rings. The van der Waals surface area contributed by atoms with Gasteiger partial charge in [-0.2, -0.15) is 0 Å². The average molecular weight is 797 g/mol. The van der Waals surface area contributed by atoms with Gasteiger partial charge in [-0.1, -0.05) is 205 Å². The SMILES string of the molecule is c1ccc(-c2ccc(N(c3ccc4c(c3)C3(c5ccccc5Sc5ccccc53)c3ccccc3[Si]4c3ccccc3)c3cc4ccccc4c4ccccc34)cc2)cc1. The Hall–Kier alpha value is -6.91. The summed E-state index contributed by atoms with van der Waals surface area (Å²) in [7, 11) is -1.41. The fourth-order valence-electron chi connectivity index (χ4n) is 10.1. The predicted octanol–water partition coefficient (Wildman–Crippen LogP) is 12.8. The minimum Gasteiger partial charge on any atom is -0.310 e. The van der Waals surface area contributed by atoms with Crippen molar-refractivity contribution in [2.24, 2.45) is 0 Å². The maximum Gasteiger partial charge on any atom is 0.155 e. The Balaban J connectivity index is 1.19. The monoisotopic (exact) mass is 796 g/mol. The van der Waals surface area contributed by atoms with E-state index in [9.17, 15) is 0 Å². The highest BCUT2D eigenvalue weighted by Gasteiger charge is 2.51. The number of hydrogen-bond acceptors (Lipinski definition) is 2. The summed E-state index contributed by atoms with van der Waals surface area (Å²) in [5.41, 5.74) is 10.8. The summed E-state index contributed by atoms with van der Waals surface area (Å²) < 4.78 is 0. The third-order valence-corrected chi connectivity index (χ3v) is 16.6. The standard InChI is InChI=1S/C57H38NSSi/c1-3-17-39(18-4-1)40-31-33-42(34-32-40)58(52-37-41-19-7-8-22-45(41)46-23-9-10-24-47(46)52)43-35-36-56-51(38-43)57(48-25-11-14-28-53(48)59-54-29-15-12-26-49(54)57)50-27-13-16-30-55(50)60(56)44-20-5-2-6-21-44/h1-38H. The number of rotatable bonds is 5. The van der Waals surface area contributed by atoms with Crippen molar-refractivity contribution in [3.63, 3.8) is 0 Å². The number of nitrogens with zero attached hydrogens (tertiary/aromatic N) is 1. The minimum atomic E-state index is -1.41. The Morgan fingerprint density at radius 3 is 1.63 bits per heavy atom. The van der Waals surface area contributed by atoms with Crippen molar-refractivity contribution >= 4 is 74.7 Å². The van der Waals surface area contributed by atoms with Crippen LogP contribution in [-0.4, -0.2) is 8.80 Å². The second kappa shape index (κ2) is 14.1. The zero-order chi connectivity index (χ0) is 39.6. The predicted molar refractivity (Wildman–Crippen MR) is 255 cm³/mol. The maximum absolute atomic E-state index is 2.57. The molecule has 0 aromatic heterocycles. The van der Waals surface area contributed by atoms with Crippen LogP contribution in [0.1, 0.15) is 22.3 Å². The van der Waals surface area contributed by atoms with Crippen molar-refractivity contribution in [3.05, 3.63) is 253 Å². The summed E-state index contributed by atoms with van der Waals surface area (Å²) in [4.78, 5) is 5.14. The van der Waals surface area contributed by atoms with Crippen LogP contribution in [0.2, 0.25) is 0 Å². The van der Waals surface area contributed by atoms with E-state index in [4.69, 9.17) is 0 Å². The molecule has 0 saturated heterocycles. The van der Waals surface area contributed by atoms with Gasteiger partial charge < -0.3 is 4.90 Å². The lowest BCUT2D eigenvalue weighted by Crippen LogP contribution is -2.62.